The summed E-state index contributed by atoms with van der Waals surface area (Å²) in [5.74, 6) is 0.0130. The van der Waals surface area contributed by atoms with E-state index in [1.807, 2.05) is 42.5 Å². The summed E-state index contributed by atoms with van der Waals surface area (Å²) >= 11 is 0. The van der Waals surface area contributed by atoms with E-state index >= 15 is 0 Å². The lowest BCUT2D eigenvalue weighted by atomic mass is 9.94. The van der Waals surface area contributed by atoms with Crippen molar-refractivity contribution < 1.29 is 4.79 Å². The average Bonchev–Trinajstić information content (AvgIpc) is 2.70. The minimum atomic E-state index is -0.600. The molecule has 1 aliphatic carbocycles. The van der Waals surface area contributed by atoms with Crippen LogP contribution in [0.15, 0.2) is 53.7 Å². The number of rotatable bonds is 4. The Hall–Kier alpha value is -3.32. The van der Waals surface area contributed by atoms with Gasteiger partial charge in [-0.25, -0.2) is 9.98 Å². The first-order valence-corrected chi connectivity index (χ1v) is 9.36. The Balaban J connectivity index is 1.69. The van der Waals surface area contributed by atoms with E-state index in [0.29, 0.717) is 5.82 Å². The van der Waals surface area contributed by atoms with Gasteiger partial charge in [0, 0.05) is 23.6 Å². The van der Waals surface area contributed by atoms with Gasteiger partial charge < -0.3 is 16.8 Å². The highest BCUT2D eigenvalue weighted by molar-refractivity contribution is 5.98. The molecule has 1 amide bonds. The lowest BCUT2D eigenvalue weighted by molar-refractivity contribution is 0.100. The minimum absolute atomic E-state index is 0.0648. The van der Waals surface area contributed by atoms with Crippen molar-refractivity contribution >= 4 is 39.8 Å². The average molecular weight is 374 g/mol. The summed E-state index contributed by atoms with van der Waals surface area (Å²) in [5.41, 5.74) is 13.6. The zero-order valence-electron chi connectivity index (χ0n) is 15.4. The first-order valence-electron chi connectivity index (χ1n) is 9.36. The molecule has 1 atom stereocenters. The molecule has 142 valence electrons. The normalized spacial score (nSPS) is 18.3. The maximum Gasteiger partial charge on any atom is 0.254 e. The number of hydrogen-bond acceptors (Lipinski definition) is 6. The van der Waals surface area contributed by atoms with Gasteiger partial charge in [0.1, 0.15) is 11.4 Å². The summed E-state index contributed by atoms with van der Waals surface area (Å²) in [6.07, 6.45) is 5.34. The van der Waals surface area contributed by atoms with Crippen LogP contribution in [-0.4, -0.2) is 27.6 Å². The van der Waals surface area contributed by atoms with E-state index in [-0.39, 0.29) is 17.6 Å². The first kappa shape index (κ1) is 18.1. The maximum absolute atomic E-state index is 11.8. The van der Waals surface area contributed by atoms with Crippen molar-refractivity contribution in [2.45, 2.75) is 31.7 Å². The van der Waals surface area contributed by atoms with Crippen molar-refractivity contribution in [1.29, 1.82) is 0 Å². The molecule has 0 bridgehead atoms. The fourth-order valence-corrected chi connectivity index (χ4v) is 3.40. The number of benzene rings is 2. The number of anilines is 2. The summed E-state index contributed by atoms with van der Waals surface area (Å²) in [5, 5.41) is 5.39. The summed E-state index contributed by atoms with van der Waals surface area (Å²) in [4.78, 5) is 25.0. The molecule has 1 saturated carbocycles. The number of nitrogens with one attached hydrogen (secondary N) is 1. The number of hydrogen-bond donors (Lipinski definition) is 3. The Morgan fingerprint density at radius 2 is 1.96 bits per heavy atom. The number of aromatic nitrogens is 2. The third-order valence-corrected chi connectivity index (χ3v) is 4.92. The number of carbonyl (C=O) groups is 1. The molecular formula is C21H22N6O. The topological polar surface area (TPSA) is 119 Å². The summed E-state index contributed by atoms with van der Waals surface area (Å²) in [6, 6.07) is 13.9. The van der Waals surface area contributed by atoms with Gasteiger partial charge >= 0.3 is 0 Å². The van der Waals surface area contributed by atoms with Crippen molar-refractivity contribution in [3.05, 3.63) is 54.2 Å². The number of nitrogens with zero attached hydrogens (tertiary/aromatic N) is 3. The van der Waals surface area contributed by atoms with Gasteiger partial charge in [-0.2, -0.15) is 4.98 Å². The molecule has 1 fully saturated rings. The van der Waals surface area contributed by atoms with E-state index in [1.165, 1.54) is 6.20 Å². The van der Waals surface area contributed by atoms with Crippen molar-refractivity contribution in [3.8, 4) is 0 Å². The van der Waals surface area contributed by atoms with Crippen molar-refractivity contribution in [2.24, 2.45) is 16.5 Å². The van der Waals surface area contributed by atoms with Gasteiger partial charge in [-0.05, 0) is 42.2 Å². The van der Waals surface area contributed by atoms with E-state index in [1.54, 1.807) is 0 Å². The summed E-state index contributed by atoms with van der Waals surface area (Å²) < 4.78 is 0. The van der Waals surface area contributed by atoms with Crippen molar-refractivity contribution in [1.82, 2.24) is 9.97 Å². The molecule has 0 saturated heterocycles. The van der Waals surface area contributed by atoms with Crippen LogP contribution in [0.4, 0.5) is 17.5 Å². The molecule has 28 heavy (non-hydrogen) atoms. The van der Waals surface area contributed by atoms with Gasteiger partial charge in [0.15, 0.2) is 0 Å². The van der Waals surface area contributed by atoms with Crippen LogP contribution in [0.2, 0.25) is 0 Å². The molecule has 5 N–H and O–H groups in total. The SMILES string of the molecule is NC(=O)c1cnc(N=C2CCCC[C@@H]2N)nc1Nc1ccc2ccccc2c1. The molecule has 7 heteroatoms. The molecular weight excluding hydrogens is 352 g/mol. The first-order chi connectivity index (χ1) is 13.6. The number of nitrogens with two attached hydrogens (primary N) is 2. The molecule has 7 nitrogen and oxygen atoms in total. The van der Waals surface area contributed by atoms with Crippen molar-refractivity contribution in [2.75, 3.05) is 5.32 Å². The third-order valence-electron chi connectivity index (χ3n) is 4.92. The largest absolute Gasteiger partial charge is 0.365 e. The Bertz CT molecular complexity index is 1060. The standard InChI is InChI=1S/C21H22N6O/c22-17-7-3-4-8-18(17)26-21-24-12-16(19(23)28)20(27-21)25-15-10-9-13-5-1-2-6-14(13)11-15/h1-2,5-6,9-12,17H,3-4,7-8,22H2,(H2,23,28)(H,24,25,27)/t17-/m0/s1. The highest BCUT2D eigenvalue weighted by Crippen LogP contribution is 2.25. The number of primary amides is 1. The number of carbonyl (C=O) groups excluding carboxylic acids is 1. The molecule has 0 aliphatic heterocycles. The Morgan fingerprint density at radius 1 is 1.14 bits per heavy atom. The molecule has 1 heterocycles. The van der Waals surface area contributed by atoms with Crippen LogP contribution in [0.3, 0.4) is 0 Å². The monoisotopic (exact) mass is 374 g/mol. The summed E-state index contributed by atoms with van der Waals surface area (Å²) in [6.45, 7) is 0. The molecule has 0 unspecified atom stereocenters. The molecule has 1 aromatic heterocycles. The van der Waals surface area contributed by atoms with Gasteiger partial charge in [0.25, 0.3) is 11.9 Å². The van der Waals surface area contributed by atoms with Crippen LogP contribution in [0.5, 0.6) is 0 Å². The van der Waals surface area contributed by atoms with Crippen molar-refractivity contribution in [3.63, 3.8) is 0 Å². The van der Waals surface area contributed by atoms with E-state index in [2.05, 4.69) is 20.3 Å². The molecule has 0 radical (unpaired) electrons. The molecule has 3 aromatic rings. The second kappa shape index (κ2) is 7.74. The minimum Gasteiger partial charge on any atom is -0.365 e. The molecule has 1 aliphatic rings. The van der Waals surface area contributed by atoms with Crippen LogP contribution < -0.4 is 16.8 Å². The van der Waals surface area contributed by atoms with E-state index < -0.39 is 5.91 Å². The number of aliphatic imine (C=N–C) groups is 1. The van der Waals surface area contributed by atoms with E-state index in [4.69, 9.17) is 11.5 Å². The highest BCUT2D eigenvalue weighted by atomic mass is 16.1. The zero-order valence-corrected chi connectivity index (χ0v) is 15.4. The van der Waals surface area contributed by atoms with Crippen LogP contribution in [-0.2, 0) is 0 Å². The van der Waals surface area contributed by atoms with E-state index in [9.17, 15) is 4.79 Å². The summed E-state index contributed by atoms with van der Waals surface area (Å²) in [7, 11) is 0. The highest BCUT2D eigenvalue weighted by Gasteiger charge is 2.18. The van der Waals surface area contributed by atoms with Crippen LogP contribution in [0, 0.1) is 0 Å². The predicted molar refractivity (Wildman–Crippen MR) is 111 cm³/mol. The second-order valence-electron chi connectivity index (χ2n) is 6.94. The van der Waals surface area contributed by atoms with Gasteiger partial charge in [0.2, 0.25) is 0 Å². The van der Waals surface area contributed by atoms with E-state index in [0.717, 1.165) is 47.9 Å². The van der Waals surface area contributed by atoms with Crippen LogP contribution in [0.1, 0.15) is 36.0 Å². The van der Waals surface area contributed by atoms with Crippen LogP contribution in [0.25, 0.3) is 10.8 Å². The fraction of sp³-hybridized carbons (Fsp3) is 0.238. The van der Waals surface area contributed by atoms with Gasteiger partial charge in [-0.3, -0.25) is 4.79 Å². The van der Waals surface area contributed by atoms with Gasteiger partial charge in [-0.1, -0.05) is 36.8 Å². The lowest BCUT2D eigenvalue weighted by Crippen LogP contribution is -2.33. The molecule has 4 rings (SSSR count). The lowest BCUT2D eigenvalue weighted by Gasteiger charge is -2.19. The number of fused-ring (bicyclic) bond motifs is 1. The zero-order chi connectivity index (χ0) is 19.5. The predicted octanol–water partition coefficient (Wildman–Crippen LogP) is 3.45. The number of amides is 1. The molecule has 2 aromatic carbocycles. The Kier molecular flexibility index (Phi) is 4.99. The second-order valence-corrected chi connectivity index (χ2v) is 6.94. The molecule has 0 spiro atoms. The quantitative estimate of drug-likeness (QED) is 0.646. The smallest absolute Gasteiger partial charge is 0.254 e. The van der Waals surface area contributed by atoms with Gasteiger partial charge in [-0.15, -0.1) is 0 Å². The fourth-order valence-electron chi connectivity index (χ4n) is 3.40. The third kappa shape index (κ3) is 3.84. The maximum atomic E-state index is 11.8. The Labute approximate surface area is 162 Å². The Morgan fingerprint density at radius 3 is 2.75 bits per heavy atom. The van der Waals surface area contributed by atoms with Crippen LogP contribution >= 0.6 is 0 Å². The van der Waals surface area contributed by atoms with Gasteiger partial charge in [0.05, 0.1) is 0 Å².